The van der Waals surface area contributed by atoms with Crippen LogP contribution in [0.25, 0.3) is 5.95 Å². The summed E-state index contributed by atoms with van der Waals surface area (Å²) in [6, 6.07) is 1.95. The predicted molar refractivity (Wildman–Crippen MR) is 104 cm³/mol. The van der Waals surface area contributed by atoms with Gasteiger partial charge in [0.15, 0.2) is 0 Å². The Morgan fingerprint density at radius 1 is 1.19 bits per heavy atom. The normalized spacial score (nSPS) is 11.5. The quantitative estimate of drug-likeness (QED) is 0.557. The first kappa shape index (κ1) is 20.3. The molecule has 0 unspecified atom stereocenters. The van der Waals surface area contributed by atoms with E-state index in [2.05, 4.69) is 43.0 Å². The van der Waals surface area contributed by atoms with Crippen molar-refractivity contribution in [3.8, 4) is 5.95 Å². The van der Waals surface area contributed by atoms with Crippen molar-refractivity contribution in [3.05, 3.63) is 17.5 Å². The fourth-order valence-corrected chi connectivity index (χ4v) is 3.48. The average Bonchev–Trinajstić information content (AvgIpc) is 3.05. The lowest BCUT2D eigenvalue weighted by atomic mass is 10.1. The van der Waals surface area contributed by atoms with Crippen LogP contribution in [0.1, 0.15) is 39.1 Å². The third kappa shape index (κ3) is 5.00. The fraction of sp³-hybridized carbons (Fsp3) is 0.647. The largest absolute Gasteiger partial charge is 0.341 e. The van der Waals surface area contributed by atoms with Crippen molar-refractivity contribution < 1.29 is 4.79 Å². The van der Waals surface area contributed by atoms with Crippen molar-refractivity contribution in [1.82, 2.24) is 29.6 Å². The molecule has 0 spiro atoms. The molecule has 0 bridgehead atoms. The van der Waals surface area contributed by atoms with Gasteiger partial charge in [-0.25, -0.2) is 9.36 Å². The maximum absolute atomic E-state index is 12.6. The Morgan fingerprint density at radius 3 is 2.31 bits per heavy atom. The Morgan fingerprint density at radius 2 is 1.81 bits per heavy atom. The third-order valence-corrected chi connectivity index (χ3v) is 4.62. The highest BCUT2D eigenvalue weighted by atomic mass is 32.2. The Kier molecular flexibility index (Phi) is 6.69. The molecule has 0 aliphatic rings. The molecule has 0 aliphatic carbocycles. The van der Waals surface area contributed by atoms with E-state index < -0.39 is 0 Å². The monoisotopic (exact) mass is 379 g/mol. The minimum atomic E-state index is 0.0908. The number of nitrogens with zero attached hydrogens (tertiary/aromatic N) is 6. The molecule has 9 heteroatoms. The molecule has 2 heterocycles. The number of hydrogen-bond acceptors (Lipinski definition) is 6. The predicted octanol–water partition coefficient (Wildman–Crippen LogP) is 2.03. The topological polar surface area (TPSA) is 94.9 Å². The average molecular weight is 380 g/mol. The van der Waals surface area contributed by atoms with Crippen LogP contribution in [0.15, 0.2) is 11.2 Å². The molecular formula is C17H29N7OS. The molecule has 2 rings (SSSR count). The SMILES string of the molecule is Cc1cc(C)n(-c2nnc(SCC(=O)N(CC(C)C)CC(C)C)n2N)n1. The molecule has 0 atom stereocenters. The summed E-state index contributed by atoms with van der Waals surface area (Å²) in [7, 11) is 0. The number of hydrogen-bond donors (Lipinski definition) is 1. The lowest BCUT2D eigenvalue weighted by Gasteiger charge is -2.26. The molecule has 1 amide bonds. The summed E-state index contributed by atoms with van der Waals surface area (Å²) in [6.07, 6.45) is 0. The number of nitrogens with two attached hydrogens (primary N) is 1. The van der Waals surface area contributed by atoms with Crippen LogP contribution in [0.5, 0.6) is 0 Å². The van der Waals surface area contributed by atoms with Crippen LogP contribution in [-0.2, 0) is 4.79 Å². The molecule has 0 aromatic carbocycles. The van der Waals surface area contributed by atoms with Crippen LogP contribution in [0, 0.1) is 25.7 Å². The van der Waals surface area contributed by atoms with Crippen LogP contribution in [0.4, 0.5) is 0 Å². The molecule has 0 aliphatic heterocycles. The summed E-state index contributed by atoms with van der Waals surface area (Å²) in [4.78, 5) is 14.5. The van der Waals surface area contributed by atoms with Crippen molar-refractivity contribution in [2.24, 2.45) is 11.8 Å². The first-order valence-corrected chi connectivity index (χ1v) is 9.82. The van der Waals surface area contributed by atoms with Crippen molar-refractivity contribution in [2.45, 2.75) is 46.7 Å². The summed E-state index contributed by atoms with van der Waals surface area (Å²) >= 11 is 1.30. The second-order valence-corrected chi connectivity index (χ2v) is 8.31. The standard InChI is InChI=1S/C17H29N7OS/c1-11(2)8-22(9-12(3)4)15(25)10-26-17-20-19-16(23(17)18)24-14(6)7-13(5)21-24/h7,11-12H,8-10,18H2,1-6H3. The van der Waals surface area contributed by atoms with Gasteiger partial charge in [-0.2, -0.15) is 5.10 Å². The zero-order valence-corrected chi connectivity index (χ0v) is 17.2. The highest BCUT2D eigenvalue weighted by Gasteiger charge is 2.19. The summed E-state index contributed by atoms with van der Waals surface area (Å²) in [5, 5.41) is 13.1. The minimum absolute atomic E-state index is 0.0908. The molecule has 144 valence electrons. The first-order valence-electron chi connectivity index (χ1n) is 8.83. The van der Waals surface area contributed by atoms with Gasteiger partial charge in [-0.3, -0.25) is 4.79 Å². The third-order valence-electron chi connectivity index (χ3n) is 3.69. The molecule has 26 heavy (non-hydrogen) atoms. The van der Waals surface area contributed by atoms with Crippen LogP contribution in [-0.4, -0.2) is 54.3 Å². The number of amides is 1. The molecule has 2 N–H and O–H groups in total. The van der Waals surface area contributed by atoms with Gasteiger partial charge in [0.2, 0.25) is 11.1 Å². The molecule has 0 fully saturated rings. The number of nitrogen functional groups attached to an aromatic ring is 1. The van der Waals surface area contributed by atoms with Crippen LogP contribution in [0.3, 0.4) is 0 Å². The Balaban J connectivity index is 2.07. The van der Waals surface area contributed by atoms with Gasteiger partial charge >= 0.3 is 0 Å². The van der Waals surface area contributed by atoms with E-state index >= 15 is 0 Å². The van der Waals surface area contributed by atoms with Crippen LogP contribution in [0.2, 0.25) is 0 Å². The number of thioether (sulfide) groups is 1. The molecule has 0 saturated carbocycles. The van der Waals surface area contributed by atoms with E-state index in [-0.39, 0.29) is 11.7 Å². The van der Waals surface area contributed by atoms with Gasteiger partial charge in [0, 0.05) is 18.8 Å². The summed E-state index contributed by atoms with van der Waals surface area (Å²) < 4.78 is 3.03. The minimum Gasteiger partial charge on any atom is -0.341 e. The number of aromatic nitrogens is 5. The smallest absolute Gasteiger partial charge is 0.271 e. The van der Waals surface area contributed by atoms with E-state index in [0.717, 1.165) is 24.5 Å². The molecule has 2 aromatic rings. The van der Waals surface area contributed by atoms with Gasteiger partial charge in [0.25, 0.3) is 5.95 Å². The van der Waals surface area contributed by atoms with Crippen molar-refractivity contribution in [2.75, 3.05) is 24.7 Å². The second-order valence-electron chi connectivity index (χ2n) is 7.37. The maximum atomic E-state index is 12.6. The van der Waals surface area contributed by atoms with E-state index in [4.69, 9.17) is 5.84 Å². The van der Waals surface area contributed by atoms with Gasteiger partial charge in [0.05, 0.1) is 11.4 Å². The number of carbonyl (C=O) groups excluding carboxylic acids is 1. The molecule has 0 saturated heterocycles. The summed E-state index contributed by atoms with van der Waals surface area (Å²) in [5.74, 6) is 7.79. The fourth-order valence-electron chi connectivity index (χ4n) is 2.72. The Bertz CT molecular complexity index is 740. The van der Waals surface area contributed by atoms with E-state index in [1.807, 2.05) is 24.8 Å². The number of rotatable bonds is 8. The number of aryl methyl sites for hydroxylation is 2. The van der Waals surface area contributed by atoms with E-state index in [9.17, 15) is 4.79 Å². The molecule has 0 radical (unpaired) electrons. The summed E-state index contributed by atoms with van der Waals surface area (Å²) in [6.45, 7) is 13.8. The lowest BCUT2D eigenvalue weighted by Crippen LogP contribution is -2.38. The Hall–Kier alpha value is -2.03. The van der Waals surface area contributed by atoms with Gasteiger partial charge in [0.1, 0.15) is 0 Å². The van der Waals surface area contributed by atoms with E-state index in [1.54, 1.807) is 4.68 Å². The zero-order valence-electron chi connectivity index (χ0n) is 16.4. The van der Waals surface area contributed by atoms with Crippen molar-refractivity contribution in [3.63, 3.8) is 0 Å². The maximum Gasteiger partial charge on any atom is 0.271 e. The highest BCUT2D eigenvalue weighted by Crippen LogP contribution is 2.18. The van der Waals surface area contributed by atoms with Gasteiger partial charge in [-0.05, 0) is 31.7 Å². The second kappa shape index (κ2) is 8.57. The van der Waals surface area contributed by atoms with Gasteiger partial charge < -0.3 is 10.7 Å². The highest BCUT2D eigenvalue weighted by molar-refractivity contribution is 7.99. The van der Waals surface area contributed by atoms with E-state index in [0.29, 0.717) is 22.9 Å². The number of carbonyl (C=O) groups is 1. The van der Waals surface area contributed by atoms with E-state index in [1.165, 1.54) is 16.4 Å². The molecule has 2 aromatic heterocycles. The summed E-state index contributed by atoms with van der Waals surface area (Å²) in [5.41, 5.74) is 1.81. The van der Waals surface area contributed by atoms with Crippen LogP contribution >= 0.6 is 11.8 Å². The Labute approximate surface area is 159 Å². The van der Waals surface area contributed by atoms with Gasteiger partial charge in [-0.15, -0.1) is 10.2 Å². The first-order chi connectivity index (χ1) is 12.2. The molecular weight excluding hydrogens is 350 g/mol. The van der Waals surface area contributed by atoms with Gasteiger partial charge in [-0.1, -0.05) is 39.5 Å². The zero-order chi connectivity index (χ0) is 19.4. The van der Waals surface area contributed by atoms with Crippen molar-refractivity contribution in [1.29, 1.82) is 0 Å². The van der Waals surface area contributed by atoms with Crippen LogP contribution < -0.4 is 5.84 Å². The van der Waals surface area contributed by atoms with Crippen molar-refractivity contribution >= 4 is 17.7 Å². The molecule has 8 nitrogen and oxygen atoms in total. The lowest BCUT2D eigenvalue weighted by molar-refractivity contribution is -0.129.